The Labute approximate surface area is 166 Å². The summed E-state index contributed by atoms with van der Waals surface area (Å²) in [6.07, 6.45) is 3.55. The highest BCUT2D eigenvalue weighted by Gasteiger charge is 2.28. The summed E-state index contributed by atoms with van der Waals surface area (Å²) in [5.41, 5.74) is 11.0. The summed E-state index contributed by atoms with van der Waals surface area (Å²) in [7, 11) is 1.95. The second kappa shape index (κ2) is 6.97. The Kier molecular flexibility index (Phi) is 4.28. The minimum absolute atomic E-state index is 0.274. The highest BCUT2D eigenvalue weighted by Crippen LogP contribution is 2.40. The number of hydrogen-bond donors (Lipinski definition) is 1. The Balaban J connectivity index is 1.73. The van der Waals surface area contributed by atoms with Gasteiger partial charge in [0.15, 0.2) is 5.65 Å². The van der Waals surface area contributed by atoms with E-state index in [-0.39, 0.29) is 5.82 Å². The van der Waals surface area contributed by atoms with Crippen LogP contribution in [0, 0.1) is 5.82 Å². The van der Waals surface area contributed by atoms with Crippen LogP contribution in [0.2, 0.25) is 0 Å². The molecule has 0 bridgehead atoms. The minimum Gasteiger partial charge on any atom is -0.382 e. The topological polar surface area (TPSA) is 83.3 Å². The van der Waals surface area contributed by atoms with Crippen molar-refractivity contribution in [1.82, 2.24) is 24.4 Å². The molecule has 1 fully saturated rings. The Hall–Kier alpha value is -3.26. The lowest BCUT2D eigenvalue weighted by Crippen LogP contribution is -2.17. The fraction of sp³-hybridized carbons (Fsp3) is 0.286. The van der Waals surface area contributed by atoms with Crippen molar-refractivity contribution in [1.29, 1.82) is 0 Å². The number of nitrogens with zero attached hydrogens (tertiary/aromatic N) is 5. The zero-order valence-corrected chi connectivity index (χ0v) is 16.0. The van der Waals surface area contributed by atoms with E-state index in [2.05, 4.69) is 4.98 Å². The van der Waals surface area contributed by atoms with Gasteiger partial charge in [-0.05, 0) is 49.2 Å². The second-order valence-corrected chi connectivity index (χ2v) is 7.31. The number of ether oxygens (including phenoxy) is 1. The third kappa shape index (κ3) is 3.15. The maximum Gasteiger partial charge on any atom is 0.156 e. The van der Waals surface area contributed by atoms with Crippen molar-refractivity contribution < 1.29 is 9.13 Å². The first-order valence-electron chi connectivity index (χ1n) is 9.63. The number of benzene rings is 1. The molecule has 2 N–H and O–H groups in total. The molecule has 0 unspecified atom stereocenters. The van der Waals surface area contributed by atoms with E-state index < -0.39 is 0 Å². The maximum atomic E-state index is 13.5. The van der Waals surface area contributed by atoms with Gasteiger partial charge in [-0.2, -0.15) is 10.2 Å². The van der Waals surface area contributed by atoms with Crippen LogP contribution in [0.15, 0.2) is 42.6 Å². The van der Waals surface area contributed by atoms with Gasteiger partial charge in [-0.1, -0.05) is 0 Å². The standard InChI is InChI=1S/C21H21FN6O/c1-27-21(14-8-10-29-11-9-14)19(20(26-27)13-2-4-15(22)5-3-13)16-6-7-18-24-17(23)12-28(18)25-16/h2-7,12,14H,8-11,23H2,1H3. The van der Waals surface area contributed by atoms with Crippen LogP contribution in [0.25, 0.3) is 28.2 Å². The van der Waals surface area contributed by atoms with Crippen molar-refractivity contribution in [3.63, 3.8) is 0 Å². The van der Waals surface area contributed by atoms with Crippen molar-refractivity contribution in [2.24, 2.45) is 7.05 Å². The normalized spacial score (nSPS) is 15.2. The van der Waals surface area contributed by atoms with Gasteiger partial charge in [0.05, 0.1) is 23.1 Å². The molecule has 29 heavy (non-hydrogen) atoms. The van der Waals surface area contributed by atoms with Crippen LogP contribution in [0.4, 0.5) is 10.2 Å². The molecule has 1 aliphatic rings. The first kappa shape index (κ1) is 17.8. The molecule has 148 valence electrons. The molecule has 8 heteroatoms. The van der Waals surface area contributed by atoms with Crippen molar-refractivity contribution in [3.8, 4) is 22.5 Å². The lowest BCUT2D eigenvalue weighted by Gasteiger charge is -2.23. The summed E-state index contributed by atoms with van der Waals surface area (Å²) in [5.74, 6) is 0.462. The number of halogens is 1. The molecule has 0 atom stereocenters. The fourth-order valence-electron chi connectivity index (χ4n) is 4.07. The van der Waals surface area contributed by atoms with Crippen molar-refractivity contribution in [2.75, 3.05) is 18.9 Å². The number of rotatable bonds is 3. The van der Waals surface area contributed by atoms with Gasteiger partial charge in [-0.3, -0.25) is 4.68 Å². The maximum absolute atomic E-state index is 13.5. The lowest BCUT2D eigenvalue weighted by molar-refractivity contribution is 0.0838. The molecular weight excluding hydrogens is 371 g/mol. The number of aryl methyl sites for hydroxylation is 1. The van der Waals surface area contributed by atoms with Gasteiger partial charge in [0.1, 0.15) is 17.3 Å². The number of imidazole rings is 1. The summed E-state index contributed by atoms with van der Waals surface area (Å²) in [6.45, 7) is 1.46. The molecule has 0 radical (unpaired) electrons. The summed E-state index contributed by atoms with van der Waals surface area (Å²) in [4.78, 5) is 4.25. The van der Waals surface area contributed by atoms with Crippen LogP contribution >= 0.6 is 0 Å². The fourth-order valence-corrected chi connectivity index (χ4v) is 4.07. The molecule has 0 amide bonds. The molecule has 0 saturated carbocycles. The van der Waals surface area contributed by atoms with E-state index in [1.807, 2.05) is 23.9 Å². The second-order valence-electron chi connectivity index (χ2n) is 7.31. The average molecular weight is 392 g/mol. The van der Waals surface area contributed by atoms with Gasteiger partial charge < -0.3 is 10.5 Å². The number of fused-ring (bicyclic) bond motifs is 1. The van der Waals surface area contributed by atoms with Crippen molar-refractivity contribution >= 4 is 11.5 Å². The van der Waals surface area contributed by atoms with Crippen molar-refractivity contribution in [3.05, 3.63) is 54.1 Å². The van der Waals surface area contributed by atoms with Crippen molar-refractivity contribution in [2.45, 2.75) is 18.8 Å². The molecule has 1 saturated heterocycles. The van der Waals surface area contributed by atoms with Crippen LogP contribution in [0.3, 0.4) is 0 Å². The van der Waals surface area contributed by atoms with E-state index in [4.69, 9.17) is 20.7 Å². The Morgan fingerprint density at radius 2 is 1.83 bits per heavy atom. The minimum atomic E-state index is -0.274. The van der Waals surface area contributed by atoms with Crippen LogP contribution in [0.1, 0.15) is 24.5 Å². The number of anilines is 1. The van der Waals surface area contributed by atoms with E-state index >= 15 is 0 Å². The third-order valence-corrected chi connectivity index (χ3v) is 5.41. The predicted octanol–water partition coefficient (Wildman–Crippen LogP) is 3.41. The molecule has 0 spiro atoms. The summed E-state index contributed by atoms with van der Waals surface area (Å²) >= 11 is 0. The smallest absolute Gasteiger partial charge is 0.156 e. The van der Waals surface area contributed by atoms with Gasteiger partial charge in [0.2, 0.25) is 0 Å². The summed E-state index contributed by atoms with van der Waals surface area (Å²) in [5, 5.41) is 9.57. The highest BCUT2D eigenvalue weighted by molar-refractivity contribution is 5.81. The Bertz CT molecular complexity index is 1170. The number of nitrogens with two attached hydrogens (primary N) is 1. The van der Waals surface area contributed by atoms with E-state index in [0.29, 0.717) is 17.4 Å². The third-order valence-electron chi connectivity index (χ3n) is 5.41. The largest absolute Gasteiger partial charge is 0.382 e. The van der Waals surface area contributed by atoms with Crippen LogP contribution in [-0.2, 0) is 11.8 Å². The van der Waals surface area contributed by atoms with Gasteiger partial charge in [0, 0.05) is 31.7 Å². The van der Waals surface area contributed by atoms with E-state index in [0.717, 1.165) is 54.3 Å². The van der Waals surface area contributed by atoms with Crippen LogP contribution in [-0.4, -0.2) is 37.6 Å². The van der Waals surface area contributed by atoms with E-state index in [9.17, 15) is 4.39 Å². The Morgan fingerprint density at radius 3 is 2.59 bits per heavy atom. The molecule has 4 aromatic rings. The Morgan fingerprint density at radius 1 is 1.07 bits per heavy atom. The van der Waals surface area contributed by atoms with Gasteiger partial charge in [0.25, 0.3) is 0 Å². The van der Waals surface area contributed by atoms with E-state index in [1.54, 1.807) is 22.8 Å². The average Bonchev–Trinajstić information content (AvgIpc) is 3.27. The highest BCUT2D eigenvalue weighted by atomic mass is 19.1. The zero-order valence-electron chi connectivity index (χ0n) is 16.0. The van der Waals surface area contributed by atoms with Crippen LogP contribution < -0.4 is 5.73 Å². The molecule has 0 aliphatic carbocycles. The number of hydrogen-bond acceptors (Lipinski definition) is 5. The van der Waals surface area contributed by atoms with Gasteiger partial charge in [-0.25, -0.2) is 13.9 Å². The molecule has 1 aromatic carbocycles. The first-order valence-corrected chi connectivity index (χ1v) is 9.63. The number of aromatic nitrogens is 5. The summed E-state index contributed by atoms with van der Waals surface area (Å²) < 4.78 is 22.7. The predicted molar refractivity (Wildman–Crippen MR) is 108 cm³/mol. The molecule has 5 rings (SSSR count). The molecule has 7 nitrogen and oxygen atoms in total. The van der Waals surface area contributed by atoms with E-state index in [1.165, 1.54) is 12.1 Å². The molecule has 4 heterocycles. The molecule has 3 aromatic heterocycles. The van der Waals surface area contributed by atoms with Crippen LogP contribution in [0.5, 0.6) is 0 Å². The molecular formula is C21H21FN6O. The SMILES string of the molecule is Cn1nc(-c2ccc(F)cc2)c(-c2ccc3nc(N)cn3n2)c1C1CCOCC1. The molecule has 1 aliphatic heterocycles. The zero-order chi connectivity index (χ0) is 20.0. The summed E-state index contributed by atoms with van der Waals surface area (Å²) in [6, 6.07) is 10.2. The van der Waals surface area contributed by atoms with Gasteiger partial charge in [-0.15, -0.1) is 0 Å². The first-order chi connectivity index (χ1) is 14.1. The quantitative estimate of drug-likeness (QED) is 0.578. The monoisotopic (exact) mass is 392 g/mol. The number of nitrogen functional groups attached to an aromatic ring is 1. The lowest BCUT2D eigenvalue weighted by atomic mass is 9.90. The van der Waals surface area contributed by atoms with Gasteiger partial charge >= 0.3 is 0 Å².